The second-order valence-corrected chi connectivity index (χ2v) is 6.81. The molecular formula is C18H24N2O3. The van der Waals surface area contributed by atoms with Crippen molar-refractivity contribution in [2.45, 2.75) is 44.9 Å². The molecule has 2 amide bonds. The number of carbonyl (C=O) groups excluding carboxylic acids is 2. The Morgan fingerprint density at radius 2 is 2.04 bits per heavy atom. The van der Waals surface area contributed by atoms with Crippen LogP contribution < -0.4 is 5.32 Å². The first-order valence-electron chi connectivity index (χ1n) is 8.28. The fourth-order valence-corrected chi connectivity index (χ4v) is 3.49. The Kier molecular flexibility index (Phi) is 4.66. The van der Waals surface area contributed by atoms with Gasteiger partial charge in [0.2, 0.25) is 12.3 Å². The number of hydrogen-bond acceptors (Lipinski definition) is 3. The van der Waals surface area contributed by atoms with Crippen molar-refractivity contribution in [3.8, 4) is 0 Å². The summed E-state index contributed by atoms with van der Waals surface area (Å²) in [5.41, 5.74) is 1.43. The maximum Gasteiger partial charge on any atom is 0.247 e. The van der Waals surface area contributed by atoms with Crippen molar-refractivity contribution in [1.82, 2.24) is 10.2 Å². The SMILES string of the molecule is CC(OCc1ccccc1)C(NC=O)C(=O)N1CC2(CCC2)C1. The van der Waals surface area contributed by atoms with Crippen LogP contribution in [0.1, 0.15) is 31.7 Å². The predicted molar refractivity (Wildman–Crippen MR) is 86.5 cm³/mol. The Bertz CT molecular complexity index is 549. The van der Waals surface area contributed by atoms with E-state index in [0.717, 1.165) is 18.7 Å². The van der Waals surface area contributed by atoms with E-state index in [-0.39, 0.29) is 12.0 Å². The van der Waals surface area contributed by atoms with Crippen molar-refractivity contribution < 1.29 is 14.3 Å². The number of ether oxygens (including phenoxy) is 1. The van der Waals surface area contributed by atoms with E-state index < -0.39 is 6.04 Å². The van der Waals surface area contributed by atoms with Crippen LogP contribution >= 0.6 is 0 Å². The number of likely N-dealkylation sites (tertiary alicyclic amines) is 1. The molecule has 0 aromatic heterocycles. The van der Waals surface area contributed by atoms with E-state index >= 15 is 0 Å². The summed E-state index contributed by atoms with van der Waals surface area (Å²) in [6.07, 6.45) is 3.94. The lowest BCUT2D eigenvalue weighted by Crippen LogP contribution is -2.65. The van der Waals surface area contributed by atoms with Crippen molar-refractivity contribution in [1.29, 1.82) is 0 Å². The molecule has 3 rings (SSSR count). The summed E-state index contributed by atoms with van der Waals surface area (Å²) >= 11 is 0. The van der Waals surface area contributed by atoms with Crippen molar-refractivity contribution in [3.63, 3.8) is 0 Å². The smallest absolute Gasteiger partial charge is 0.247 e. The quantitative estimate of drug-likeness (QED) is 0.779. The van der Waals surface area contributed by atoms with Gasteiger partial charge in [-0.3, -0.25) is 9.59 Å². The average Bonchev–Trinajstić information content (AvgIpc) is 2.48. The molecule has 1 aromatic rings. The van der Waals surface area contributed by atoms with Gasteiger partial charge in [0.1, 0.15) is 6.04 Å². The van der Waals surface area contributed by atoms with E-state index in [4.69, 9.17) is 4.74 Å². The summed E-state index contributed by atoms with van der Waals surface area (Å²) in [5.74, 6) is -0.0322. The molecule has 1 spiro atoms. The highest BCUT2D eigenvalue weighted by Crippen LogP contribution is 2.48. The molecule has 1 aliphatic carbocycles. The standard InChI is InChI=1S/C18H24N2O3/c1-14(23-10-15-6-3-2-4-7-15)16(19-13-21)17(22)20-11-18(12-20)8-5-9-18/h2-4,6-7,13-14,16H,5,8-12H2,1H3,(H,19,21). The van der Waals surface area contributed by atoms with E-state index in [1.807, 2.05) is 42.2 Å². The van der Waals surface area contributed by atoms with E-state index in [9.17, 15) is 9.59 Å². The molecule has 1 aliphatic heterocycles. The van der Waals surface area contributed by atoms with Crippen LogP contribution in [0.5, 0.6) is 0 Å². The molecule has 0 radical (unpaired) electrons. The zero-order valence-electron chi connectivity index (χ0n) is 13.5. The van der Waals surface area contributed by atoms with Crippen LogP contribution in [0, 0.1) is 5.41 Å². The van der Waals surface area contributed by atoms with Crippen LogP contribution in [-0.2, 0) is 20.9 Å². The van der Waals surface area contributed by atoms with Crippen LogP contribution in [0.4, 0.5) is 0 Å². The van der Waals surface area contributed by atoms with Crippen LogP contribution in [0.15, 0.2) is 30.3 Å². The first-order chi connectivity index (χ1) is 11.1. The average molecular weight is 316 g/mol. The molecule has 1 N–H and O–H groups in total. The summed E-state index contributed by atoms with van der Waals surface area (Å²) in [6.45, 7) is 3.92. The van der Waals surface area contributed by atoms with Gasteiger partial charge in [-0.05, 0) is 25.3 Å². The maximum absolute atomic E-state index is 12.6. The fraction of sp³-hybridized carbons (Fsp3) is 0.556. The first kappa shape index (κ1) is 16.0. The fourth-order valence-electron chi connectivity index (χ4n) is 3.49. The van der Waals surface area contributed by atoms with Crippen molar-refractivity contribution >= 4 is 12.3 Å². The van der Waals surface area contributed by atoms with Gasteiger partial charge in [-0.15, -0.1) is 0 Å². The topological polar surface area (TPSA) is 58.6 Å². The minimum Gasteiger partial charge on any atom is -0.371 e. The lowest BCUT2D eigenvalue weighted by atomic mass is 9.63. The largest absolute Gasteiger partial charge is 0.371 e. The van der Waals surface area contributed by atoms with Gasteiger partial charge in [-0.2, -0.15) is 0 Å². The Labute approximate surface area is 137 Å². The number of rotatable bonds is 7. The molecule has 0 bridgehead atoms. The number of carbonyl (C=O) groups is 2. The molecule has 23 heavy (non-hydrogen) atoms. The normalized spacial score (nSPS) is 21.0. The lowest BCUT2D eigenvalue weighted by Gasteiger charge is -2.56. The van der Waals surface area contributed by atoms with Gasteiger partial charge in [0.15, 0.2) is 0 Å². The van der Waals surface area contributed by atoms with Gasteiger partial charge in [-0.1, -0.05) is 36.8 Å². The highest BCUT2D eigenvalue weighted by atomic mass is 16.5. The molecule has 1 heterocycles. The third-order valence-electron chi connectivity index (χ3n) is 5.12. The van der Waals surface area contributed by atoms with E-state index in [1.54, 1.807) is 0 Å². The second-order valence-electron chi connectivity index (χ2n) is 6.81. The van der Waals surface area contributed by atoms with Crippen molar-refractivity contribution in [3.05, 3.63) is 35.9 Å². The van der Waals surface area contributed by atoms with Gasteiger partial charge in [0.25, 0.3) is 0 Å². The molecule has 1 saturated carbocycles. The minimum absolute atomic E-state index is 0.0322. The third kappa shape index (κ3) is 3.39. The summed E-state index contributed by atoms with van der Waals surface area (Å²) in [4.78, 5) is 25.4. The molecule has 2 unspecified atom stereocenters. The third-order valence-corrected chi connectivity index (χ3v) is 5.12. The first-order valence-corrected chi connectivity index (χ1v) is 8.28. The maximum atomic E-state index is 12.6. The van der Waals surface area contributed by atoms with Crippen molar-refractivity contribution in [2.24, 2.45) is 5.41 Å². The van der Waals surface area contributed by atoms with Crippen LogP contribution in [-0.4, -0.2) is 42.5 Å². The molecule has 1 saturated heterocycles. The van der Waals surface area contributed by atoms with E-state index in [0.29, 0.717) is 18.4 Å². The molecule has 2 atom stereocenters. The summed E-state index contributed by atoms with van der Waals surface area (Å²) in [5, 5.41) is 2.63. The number of amides is 2. The summed E-state index contributed by atoms with van der Waals surface area (Å²) in [6, 6.07) is 9.20. The van der Waals surface area contributed by atoms with E-state index in [2.05, 4.69) is 5.32 Å². The molecule has 1 aromatic carbocycles. The predicted octanol–water partition coefficient (Wildman–Crippen LogP) is 1.72. The van der Waals surface area contributed by atoms with Crippen LogP contribution in [0.3, 0.4) is 0 Å². The van der Waals surface area contributed by atoms with E-state index in [1.165, 1.54) is 19.3 Å². The van der Waals surface area contributed by atoms with Gasteiger partial charge in [0.05, 0.1) is 12.7 Å². The number of benzene rings is 1. The zero-order chi connectivity index (χ0) is 16.3. The van der Waals surface area contributed by atoms with Crippen LogP contribution in [0.2, 0.25) is 0 Å². The Balaban J connectivity index is 1.54. The Morgan fingerprint density at radius 3 is 2.61 bits per heavy atom. The molecule has 5 nitrogen and oxygen atoms in total. The molecule has 5 heteroatoms. The lowest BCUT2D eigenvalue weighted by molar-refractivity contribution is -0.156. The van der Waals surface area contributed by atoms with Gasteiger partial charge in [0, 0.05) is 18.5 Å². The van der Waals surface area contributed by atoms with Gasteiger partial charge >= 0.3 is 0 Å². The number of nitrogens with one attached hydrogen (secondary N) is 1. The number of nitrogens with zero attached hydrogens (tertiary/aromatic N) is 1. The molecule has 2 fully saturated rings. The van der Waals surface area contributed by atoms with Crippen LogP contribution in [0.25, 0.3) is 0 Å². The molecule has 2 aliphatic rings. The Morgan fingerprint density at radius 1 is 1.35 bits per heavy atom. The zero-order valence-corrected chi connectivity index (χ0v) is 13.5. The molecular weight excluding hydrogens is 292 g/mol. The summed E-state index contributed by atoms with van der Waals surface area (Å²) in [7, 11) is 0. The molecule has 124 valence electrons. The summed E-state index contributed by atoms with van der Waals surface area (Å²) < 4.78 is 5.81. The monoisotopic (exact) mass is 316 g/mol. The number of hydrogen-bond donors (Lipinski definition) is 1. The highest BCUT2D eigenvalue weighted by molar-refractivity contribution is 5.85. The Hall–Kier alpha value is -1.88. The van der Waals surface area contributed by atoms with Gasteiger partial charge in [-0.25, -0.2) is 0 Å². The highest BCUT2D eigenvalue weighted by Gasteiger charge is 2.50. The minimum atomic E-state index is -0.617. The second kappa shape index (κ2) is 6.71. The van der Waals surface area contributed by atoms with Gasteiger partial charge < -0.3 is 15.0 Å². The van der Waals surface area contributed by atoms with Crippen molar-refractivity contribution in [2.75, 3.05) is 13.1 Å².